The Morgan fingerprint density at radius 2 is 1.41 bits per heavy atom. The SMILES string of the molecule is CC(C)(C)c1cc2ccc3c(C4=CC=C(c5ccccn5)CC=C4)cc(-c4cccc(-c5ccc6c(c5)CCC=C6)c4)c4ccc(c1)c2c34. The molecular weight excluding hydrogens is 591 g/mol. The second kappa shape index (κ2) is 11.6. The number of pyridine rings is 1. The Labute approximate surface area is 289 Å². The number of allylic oxidation sites excluding steroid dienone is 7. The lowest BCUT2D eigenvalue weighted by Crippen LogP contribution is -2.10. The number of hydrogen-bond acceptors (Lipinski definition) is 1. The highest BCUT2D eigenvalue weighted by Crippen LogP contribution is 2.45. The van der Waals surface area contributed by atoms with Crippen molar-refractivity contribution in [3.8, 4) is 22.3 Å². The van der Waals surface area contributed by atoms with Crippen LogP contribution < -0.4 is 0 Å². The summed E-state index contributed by atoms with van der Waals surface area (Å²) < 4.78 is 0. The zero-order valence-electron chi connectivity index (χ0n) is 28.4. The maximum absolute atomic E-state index is 4.65. The molecule has 0 N–H and O–H groups in total. The molecule has 0 amide bonds. The summed E-state index contributed by atoms with van der Waals surface area (Å²) >= 11 is 0. The van der Waals surface area contributed by atoms with E-state index in [0.717, 1.165) is 25.0 Å². The summed E-state index contributed by atoms with van der Waals surface area (Å²) in [6, 6.07) is 38.9. The standard InChI is InChI=1S/C48H39N/c1-48(2,3)40-28-38-21-23-41-43(32-12-8-13-33(19-18-32)45-16-6-7-25-49-45)30-44(42-24-22-39(29-40)46(38)47(41)42)37-15-9-14-35(27-37)36-20-17-31-10-4-5-11-34(31)26-36/h4,6-10,12,14-30H,5,11,13H2,1-3H3. The van der Waals surface area contributed by atoms with Gasteiger partial charge in [0.2, 0.25) is 0 Å². The van der Waals surface area contributed by atoms with Gasteiger partial charge in [-0.2, -0.15) is 0 Å². The van der Waals surface area contributed by atoms with E-state index in [2.05, 4.69) is 159 Å². The van der Waals surface area contributed by atoms with Crippen LogP contribution in [0.15, 0.2) is 140 Å². The largest absolute Gasteiger partial charge is 0.257 e. The summed E-state index contributed by atoms with van der Waals surface area (Å²) in [4.78, 5) is 4.65. The van der Waals surface area contributed by atoms with Crippen LogP contribution in [0.5, 0.6) is 0 Å². The first kappa shape index (κ1) is 29.6. The zero-order valence-corrected chi connectivity index (χ0v) is 28.4. The maximum Gasteiger partial charge on any atom is 0.0664 e. The van der Waals surface area contributed by atoms with Gasteiger partial charge in [0.25, 0.3) is 0 Å². The average molecular weight is 630 g/mol. The van der Waals surface area contributed by atoms with E-state index in [4.69, 9.17) is 0 Å². The molecule has 0 spiro atoms. The number of nitrogens with zero attached hydrogens (tertiary/aromatic N) is 1. The third-order valence-corrected chi connectivity index (χ3v) is 10.5. The molecule has 0 bridgehead atoms. The molecule has 0 fully saturated rings. The van der Waals surface area contributed by atoms with Gasteiger partial charge in [-0.25, -0.2) is 0 Å². The molecule has 1 heteroatoms. The molecular formula is C48H39N. The summed E-state index contributed by atoms with van der Waals surface area (Å²) in [5.41, 5.74) is 14.0. The monoisotopic (exact) mass is 629 g/mol. The van der Waals surface area contributed by atoms with Gasteiger partial charge >= 0.3 is 0 Å². The average Bonchev–Trinajstić information content (AvgIpc) is 3.40. The third-order valence-electron chi connectivity index (χ3n) is 10.5. The van der Waals surface area contributed by atoms with Crippen LogP contribution in [0, 0.1) is 0 Å². The van der Waals surface area contributed by atoms with Crippen molar-refractivity contribution in [2.24, 2.45) is 0 Å². The Kier molecular flexibility index (Phi) is 6.99. The van der Waals surface area contributed by atoms with Crippen molar-refractivity contribution in [2.45, 2.75) is 45.4 Å². The van der Waals surface area contributed by atoms with E-state index in [1.807, 2.05) is 12.3 Å². The van der Waals surface area contributed by atoms with Gasteiger partial charge in [0.1, 0.15) is 0 Å². The van der Waals surface area contributed by atoms with Gasteiger partial charge in [0.15, 0.2) is 0 Å². The van der Waals surface area contributed by atoms with Gasteiger partial charge in [-0.15, -0.1) is 0 Å². The van der Waals surface area contributed by atoms with Crippen molar-refractivity contribution in [1.29, 1.82) is 0 Å². The maximum atomic E-state index is 4.65. The summed E-state index contributed by atoms with van der Waals surface area (Å²) in [5, 5.41) is 7.92. The zero-order chi connectivity index (χ0) is 33.1. The number of fused-ring (bicyclic) bond motifs is 1. The van der Waals surface area contributed by atoms with Gasteiger partial charge in [-0.1, -0.05) is 136 Å². The summed E-state index contributed by atoms with van der Waals surface area (Å²) in [6.45, 7) is 6.92. The summed E-state index contributed by atoms with van der Waals surface area (Å²) in [7, 11) is 0. The number of benzene rings is 6. The Morgan fingerprint density at radius 3 is 2.20 bits per heavy atom. The Balaban J connectivity index is 1.28. The van der Waals surface area contributed by atoms with Crippen LogP contribution in [0.2, 0.25) is 0 Å². The van der Waals surface area contributed by atoms with Gasteiger partial charge in [-0.3, -0.25) is 4.98 Å². The normalized spacial score (nSPS) is 14.7. The molecule has 2 aliphatic rings. The fourth-order valence-electron chi connectivity index (χ4n) is 7.85. The van der Waals surface area contributed by atoms with Crippen molar-refractivity contribution in [3.05, 3.63) is 168 Å². The van der Waals surface area contributed by atoms with E-state index in [1.165, 1.54) is 88.0 Å². The Bertz CT molecular complexity index is 2510. The predicted octanol–water partition coefficient (Wildman–Crippen LogP) is 13.0. The molecule has 1 aromatic heterocycles. The minimum atomic E-state index is 0.0712. The molecule has 0 atom stereocenters. The lowest BCUT2D eigenvalue weighted by molar-refractivity contribution is 0.591. The summed E-state index contributed by atoms with van der Waals surface area (Å²) in [6.07, 6.45) is 18.6. The molecule has 0 saturated heterocycles. The smallest absolute Gasteiger partial charge is 0.0664 e. The highest BCUT2D eigenvalue weighted by Gasteiger charge is 2.21. The van der Waals surface area contributed by atoms with Crippen molar-refractivity contribution in [1.82, 2.24) is 4.98 Å². The second-order valence-electron chi connectivity index (χ2n) is 14.7. The van der Waals surface area contributed by atoms with Crippen LogP contribution >= 0.6 is 0 Å². The van der Waals surface area contributed by atoms with E-state index in [9.17, 15) is 0 Å². The predicted molar refractivity (Wildman–Crippen MR) is 211 cm³/mol. The first-order valence-corrected chi connectivity index (χ1v) is 17.6. The van der Waals surface area contributed by atoms with E-state index in [1.54, 1.807) is 0 Å². The molecule has 0 saturated carbocycles. The Hall–Kier alpha value is -5.53. The van der Waals surface area contributed by atoms with E-state index in [-0.39, 0.29) is 5.41 Å². The second-order valence-corrected chi connectivity index (χ2v) is 14.7. The van der Waals surface area contributed by atoms with Gasteiger partial charge in [-0.05, 0) is 137 Å². The fourth-order valence-corrected chi connectivity index (χ4v) is 7.85. The van der Waals surface area contributed by atoms with Crippen LogP contribution in [0.25, 0.3) is 71.8 Å². The number of aryl methyl sites for hydroxylation is 1. The van der Waals surface area contributed by atoms with Crippen LogP contribution in [0.3, 0.4) is 0 Å². The number of rotatable bonds is 4. The quantitative estimate of drug-likeness (QED) is 0.177. The van der Waals surface area contributed by atoms with E-state index in [0.29, 0.717) is 0 Å². The molecule has 0 unspecified atom stereocenters. The van der Waals surface area contributed by atoms with Crippen LogP contribution in [-0.2, 0) is 11.8 Å². The Morgan fingerprint density at radius 1 is 0.612 bits per heavy atom. The van der Waals surface area contributed by atoms with Crippen LogP contribution in [0.1, 0.15) is 61.6 Å². The third kappa shape index (κ3) is 5.22. The van der Waals surface area contributed by atoms with Crippen LogP contribution in [0.4, 0.5) is 0 Å². The lowest BCUT2D eigenvalue weighted by Gasteiger charge is -2.23. The topological polar surface area (TPSA) is 12.9 Å². The number of aromatic nitrogens is 1. The van der Waals surface area contributed by atoms with Gasteiger partial charge in [0, 0.05) is 6.20 Å². The first-order chi connectivity index (χ1) is 23.9. The molecule has 9 rings (SSSR count). The minimum absolute atomic E-state index is 0.0712. The highest BCUT2D eigenvalue weighted by molar-refractivity contribution is 6.27. The minimum Gasteiger partial charge on any atom is -0.257 e. The molecule has 236 valence electrons. The molecule has 0 aliphatic heterocycles. The highest BCUT2D eigenvalue weighted by atomic mass is 14.7. The molecule has 1 nitrogen and oxygen atoms in total. The number of hydrogen-bond donors (Lipinski definition) is 0. The van der Waals surface area contributed by atoms with Crippen molar-refractivity contribution in [2.75, 3.05) is 0 Å². The molecule has 49 heavy (non-hydrogen) atoms. The first-order valence-electron chi connectivity index (χ1n) is 17.6. The van der Waals surface area contributed by atoms with Crippen molar-refractivity contribution in [3.63, 3.8) is 0 Å². The van der Waals surface area contributed by atoms with Crippen molar-refractivity contribution < 1.29 is 0 Å². The molecule has 7 aromatic rings. The lowest BCUT2D eigenvalue weighted by atomic mass is 9.81. The molecule has 2 aliphatic carbocycles. The van der Waals surface area contributed by atoms with Crippen molar-refractivity contribution >= 4 is 49.5 Å². The van der Waals surface area contributed by atoms with E-state index >= 15 is 0 Å². The summed E-state index contributed by atoms with van der Waals surface area (Å²) in [5.74, 6) is 0. The van der Waals surface area contributed by atoms with Gasteiger partial charge < -0.3 is 0 Å². The molecule has 6 aromatic carbocycles. The molecule has 1 heterocycles. The molecule has 0 radical (unpaired) electrons. The van der Waals surface area contributed by atoms with E-state index < -0.39 is 0 Å². The van der Waals surface area contributed by atoms with Crippen LogP contribution in [-0.4, -0.2) is 4.98 Å². The van der Waals surface area contributed by atoms with Gasteiger partial charge in [0.05, 0.1) is 5.69 Å². The fraction of sp³-hybridized carbons (Fsp3) is 0.146.